The van der Waals surface area contributed by atoms with Gasteiger partial charge in [0.15, 0.2) is 21.7 Å². The first-order valence-corrected chi connectivity index (χ1v) is 15.3. The van der Waals surface area contributed by atoms with Crippen molar-refractivity contribution in [2.75, 3.05) is 42.3 Å². The van der Waals surface area contributed by atoms with Crippen molar-refractivity contribution in [3.63, 3.8) is 0 Å². The van der Waals surface area contributed by atoms with E-state index >= 15 is 4.39 Å². The molecular formula is C28H27FN6O7S2. The summed E-state index contributed by atoms with van der Waals surface area (Å²) in [6.07, 6.45) is 1.25. The lowest BCUT2D eigenvalue weighted by atomic mass is 10.1. The molecule has 16 heteroatoms. The summed E-state index contributed by atoms with van der Waals surface area (Å²) in [5.41, 5.74) is -0.429. The Morgan fingerprint density at radius 1 is 1.25 bits per heavy atom. The molecule has 1 fully saturated rings. The monoisotopic (exact) mass is 642 g/mol. The Labute approximate surface area is 258 Å². The molecule has 1 atom stereocenters. The number of piperazine rings is 1. The van der Waals surface area contributed by atoms with Gasteiger partial charge < -0.3 is 24.2 Å². The van der Waals surface area contributed by atoms with Gasteiger partial charge in [-0.2, -0.15) is 0 Å². The number of thioether (sulfide) groups is 1. The maximum absolute atomic E-state index is 15.7. The van der Waals surface area contributed by atoms with Gasteiger partial charge >= 0.3 is 5.97 Å². The summed E-state index contributed by atoms with van der Waals surface area (Å²) in [5, 5.41) is 29.4. The van der Waals surface area contributed by atoms with Crippen LogP contribution < -0.4 is 20.0 Å². The second-order valence-corrected chi connectivity index (χ2v) is 12.1. The highest BCUT2D eigenvalue weighted by Crippen LogP contribution is 2.40. The second-order valence-electron chi connectivity index (χ2n) is 9.95. The molecule has 1 saturated heterocycles. The number of pyridine rings is 1. The topological polar surface area (TPSA) is 161 Å². The number of aryl methyl sites for hydroxylation is 1. The van der Waals surface area contributed by atoms with E-state index in [-0.39, 0.29) is 40.1 Å². The van der Waals surface area contributed by atoms with Gasteiger partial charge in [0.25, 0.3) is 5.69 Å². The molecule has 0 radical (unpaired) electrons. The average Bonchev–Trinajstić information content (AvgIpc) is 3.48. The number of benzene rings is 2. The number of hydrogen-bond acceptors (Lipinski definition) is 12. The Bertz CT molecular complexity index is 1830. The van der Waals surface area contributed by atoms with Crippen molar-refractivity contribution < 1.29 is 28.7 Å². The van der Waals surface area contributed by atoms with Crippen molar-refractivity contribution in [1.29, 1.82) is 0 Å². The van der Waals surface area contributed by atoms with E-state index in [1.165, 1.54) is 60.7 Å². The number of nitrogens with zero attached hydrogens (tertiary/aromatic N) is 6. The van der Waals surface area contributed by atoms with Crippen LogP contribution in [0, 0.1) is 15.9 Å². The highest BCUT2D eigenvalue weighted by atomic mass is 32.2. The zero-order chi connectivity index (χ0) is 31.7. The van der Waals surface area contributed by atoms with Crippen LogP contribution in [-0.4, -0.2) is 75.1 Å². The van der Waals surface area contributed by atoms with Gasteiger partial charge in [-0.05, 0) is 32.0 Å². The predicted octanol–water partition coefficient (Wildman–Crippen LogP) is 4.32. The number of carbonyl (C=O) groups is 2. The highest BCUT2D eigenvalue weighted by Gasteiger charge is 2.31. The number of halogens is 1. The third-order valence-electron chi connectivity index (χ3n) is 7.33. The molecule has 0 spiro atoms. The number of carboxylic acids is 1. The number of ketones is 1. The molecule has 0 saturated carbocycles. The van der Waals surface area contributed by atoms with E-state index < -0.39 is 27.7 Å². The van der Waals surface area contributed by atoms with Crippen LogP contribution in [0.3, 0.4) is 0 Å². The van der Waals surface area contributed by atoms with Crippen LogP contribution in [0.5, 0.6) is 5.75 Å². The minimum Gasteiger partial charge on any atom is -0.492 e. The highest BCUT2D eigenvalue weighted by molar-refractivity contribution is 8.01. The zero-order valence-corrected chi connectivity index (χ0v) is 25.5. The fourth-order valence-corrected chi connectivity index (χ4v) is 7.04. The standard InChI is InChI=1S/C28H27FN6O7S2/c1-4-32-13-19(26(38)39)24(37)18-11-20(29)23(25(42-3)22(18)32)33-9-10-34(15(2)12-33)27-30-31-28(44-27)43-14-21(36)16-5-7-17(8-6-16)35(40)41/h5-8,11,13,15H,4,9-10,12,14H2,1-3H3,(H,38,39). The summed E-state index contributed by atoms with van der Waals surface area (Å²) >= 11 is 2.55. The van der Waals surface area contributed by atoms with Crippen LogP contribution in [0.4, 0.5) is 20.9 Å². The predicted molar refractivity (Wildman–Crippen MR) is 164 cm³/mol. The van der Waals surface area contributed by atoms with Gasteiger partial charge in [0, 0.05) is 56.1 Å². The summed E-state index contributed by atoms with van der Waals surface area (Å²) in [5.74, 6) is -2.02. The van der Waals surface area contributed by atoms with Gasteiger partial charge in [-0.25, -0.2) is 9.18 Å². The Kier molecular flexibility index (Phi) is 8.82. The molecule has 0 amide bonds. The van der Waals surface area contributed by atoms with Crippen LogP contribution in [0.2, 0.25) is 0 Å². The molecule has 1 aliphatic heterocycles. The molecule has 1 N–H and O–H groups in total. The third kappa shape index (κ3) is 5.81. The van der Waals surface area contributed by atoms with Crippen LogP contribution in [0.25, 0.3) is 10.9 Å². The van der Waals surface area contributed by atoms with Crippen LogP contribution in [0.1, 0.15) is 34.6 Å². The summed E-state index contributed by atoms with van der Waals surface area (Å²) < 4.78 is 23.5. The summed E-state index contributed by atoms with van der Waals surface area (Å²) in [6, 6.07) is 6.39. The van der Waals surface area contributed by atoms with Crippen molar-refractivity contribution in [3.05, 3.63) is 73.8 Å². The number of methoxy groups -OCH3 is 1. The van der Waals surface area contributed by atoms with Crippen molar-refractivity contribution in [2.24, 2.45) is 0 Å². The number of aromatic nitrogens is 3. The number of anilines is 2. The lowest BCUT2D eigenvalue weighted by Gasteiger charge is -2.41. The molecule has 2 aromatic heterocycles. The summed E-state index contributed by atoms with van der Waals surface area (Å²) in [6.45, 7) is 5.35. The number of nitro benzene ring substituents is 1. The molecule has 230 valence electrons. The first kappa shape index (κ1) is 30.9. The number of carbonyl (C=O) groups excluding carboxylic acids is 1. The Hall–Kier alpha value is -4.57. The molecule has 5 rings (SSSR count). The van der Waals surface area contributed by atoms with Crippen molar-refractivity contribution in [2.45, 2.75) is 30.8 Å². The molecule has 0 aliphatic carbocycles. The third-order valence-corrected chi connectivity index (χ3v) is 9.42. The number of rotatable bonds is 10. The maximum Gasteiger partial charge on any atom is 0.341 e. The van der Waals surface area contributed by atoms with Crippen molar-refractivity contribution >= 4 is 62.3 Å². The molecule has 0 bridgehead atoms. The number of carboxylic acid groups (broad SMARTS) is 1. The maximum atomic E-state index is 15.7. The number of hydrogen-bond donors (Lipinski definition) is 1. The normalized spacial score (nSPS) is 15.0. The van der Waals surface area contributed by atoms with Gasteiger partial charge in [-0.3, -0.25) is 19.7 Å². The van der Waals surface area contributed by atoms with Crippen LogP contribution in [-0.2, 0) is 6.54 Å². The molecule has 13 nitrogen and oxygen atoms in total. The van der Waals surface area contributed by atoms with E-state index in [0.29, 0.717) is 46.7 Å². The lowest BCUT2D eigenvalue weighted by molar-refractivity contribution is -0.384. The summed E-state index contributed by atoms with van der Waals surface area (Å²) in [4.78, 5) is 51.3. The SMILES string of the molecule is CCn1cc(C(=O)O)c(=O)c2cc(F)c(N3CCN(c4nnc(SCC(=O)c5ccc([N+](=O)[O-])cc5)s4)C(C)C3)c(OC)c21. The van der Waals surface area contributed by atoms with Crippen molar-refractivity contribution in [1.82, 2.24) is 14.8 Å². The first-order valence-electron chi connectivity index (χ1n) is 13.5. The van der Waals surface area contributed by atoms with Crippen molar-refractivity contribution in [3.8, 4) is 5.75 Å². The van der Waals surface area contributed by atoms with Gasteiger partial charge in [0.2, 0.25) is 10.6 Å². The zero-order valence-electron chi connectivity index (χ0n) is 23.9. The summed E-state index contributed by atoms with van der Waals surface area (Å²) in [7, 11) is 1.39. The Morgan fingerprint density at radius 2 is 1.98 bits per heavy atom. The van der Waals surface area contributed by atoms with Gasteiger partial charge in [-0.1, -0.05) is 23.1 Å². The number of non-ortho nitro benzene ring substituents is 1. The minimum atomic E-state index is -1.39. The smallest absolute Gasteiger partial charge is 0.341 e. The molecule has 3 heterocycles. The molecule has 1 aliphatic rings. The number of aromatic carboxylic acids is 1. The second kappa shape index (κ2) is 12.6. The molecule has 2 aromatic carbocycles. The number of nitro groups is 1. The quantitative estimate of drug-likeness (QED) is 0.113. The van der Waals surface area contributed by atoms with E-state index in [0.717, 1.165) is 6.07 Å². The average molecular weight is 643 g/mol. The molecular weight excluding hydrogens is 615 g/mol. The molecule has 44 heavy (non-hydrogen) atoms. The van der Waals surface area contributed by atoms with Gasteiger partial charge in [0.05, 0.1) is 28.7 Å². The Balaban J connectivity index is 1.32. The van der Waals surface area contributed by atoms with Gasteiger partial charge in [0.1, 0.15) is 11.3 Å². The fraction of sp³-hybridized carbons (Fsp3) is 0.321. The lowest BCUT2D eigenvalue weighted by Crippen LogP contribution is -2.52. The number of ether oxygens (including phenoxy) is 1. The van der Waals surface area contributed by atoms with Crippen LogP contribution >= 0.6 is 23.1 Å². The van der Waals surface area contributed by atoms with E-state index in [9.17, 15) is 29.6 Å². The van der Waals surface area contributed by atoms with E-state index in [4.69, 9.17) is 4.74 Å². The fourth-order valence-electron chi connectivity index (χ4n) is 5.18. The molecule has 4 aromatic rings. The van der Waals surface area contributed by atoms with Gasteiger partial charge in [-0.15, -0.1) is 10.2 Å². The van der Waals surface area contributed by atoms with E-state index in [2.05, 4.69) is 10.2 Å². The van der Waals surface area contributed by atoms with E-state index in [1.807, 2.05) is 16.7 Å². The minimum absolute atomic E-state index is 0.0671. The first-order chi connectivity index (χ1) is 21.0. The largest absolute Gasteiger partial charge is 0.492 e. The van der Waals surface area contributed by atoms with E-state index in [1.54, 1.807) is 11.5 Å². The van der Waals surface area contributed by atoms with Crippen LogP contribution in [0.15, 0.2) is 45.7 Å². The number of Topliss-reactive ketones (excluding diaryl/α,β-unsaturated/α-hetero) is 1. The molecule has 1 unspecified atom stereocenters. The number of fused-ring (bicyclic) bond motifs is 1. The Morgan fingerprint density at radius 3 is 2.59 bits per heavy atom.